The molecule has 0 radical (unpaired) electrons. The SMILES string of the molecule is CCN(CC(=O)OC)S(=O)(=O)c1cc(Br)ccc1Br. The van der Waals surface area contributed by atoms with Crippen molar-refractivity contribution in [3.8, 4) is 0 Å². The maximum absolute atomic E-state index is 12.5. The van der Waals surface area contributed by atoms with Gasteiger partial charge in [0.15, 0.2) is 0 Å². The molecule has 0 fully saturated rings. The highest BCUT2D eigenvalue weighted by Gasteiger charge is 2.27. The fourth-order valence-electron chi connectivity index (χ4n) is 1.39. The maximum Gasteiger partial charge on any atom is 0.321 e. The Kier molecular flexibility index (Phi) is 5.97. The summed E-state index contributed by atoms with van der Waals surface area (Å²) >= 11 is 6.43. The molecule has 0 aromatic heterocycles. The Labute approximate surface area is 129 Å². The van der Waals surface area contributed by atoms with Crippen LogP contribution in [0.4, 0.5) is 0 Å². The van der Waals surface area contributed by atoms with E-state index in [4.69, 9.17) is 0 Å². The Morgan fingerprint density at radius 1 is 1.37 bits per heavy atom. The van der Waals surface area contributed by atoms with Crippen LogP contribution in [0.2, 0.25) is 0 Å². The molecule has 0 amide bonds. The van der Waals surface area contributed by atoms with Gasteiger partial charge in [-0.2, -0.15) is 4.31 Å². The van der Waals surface area contributed by atoms with Gasteiger partial charge in [-0.1, -0.05) is 22.9 Å². The molecule has 0 unspecified atom stereocenters. The van der Waals surface area contributed by atoms with E-state index >= 15 is 0 Å². The second-order valence-corrected chi connectivity index (χ2v) is 7.26. The quantitative estimate of drug-likeness (QED) is 0.694. The average Bonchev–Trinajstić information content (AvgIpc) is 2.37. The third-order valence-corrected chi connectivity index (χ3v) is 5.80. The summed E-state index contributed by atoms with van der Waals surface area (Å²) in [7, 11) is -2.53. The standard InChI is InChI=1S/C11H13Br2NO4S/c1-3-14(7-11(15)18-2)19(16,17)10-6-8(12)4-5-9(10)13/h4-6H,3,7H2,1-2H3. The molecule has 0 aliphatic heterocycles. The Balaban J connectivity index is 3.20. The van der Waals surface area contributed by atoms with Crippen molar-refractivity contribution in [1.82, 2.24) is 4.31 Å². The minimum atomic E-state index is -3.75. The van der Waals surface area contributed by atoms with Crippen molar-refractivity contribution in [3.63, 3.8) is 0 Å². The number of nitrogens with zero attached hydrogens (tertiary/aromatic N) is 1. The van der Waals surface area contributed by atoms with Gasteiger partial charge in [0.05, 0.1) is 12.0 Å². The van der Waals surface area contributed by atoms with Gasteiger partial charge in [0.2, 0.25) is 10.0 Å². The topological polar surface area (TPSA) is 63.7 Å². The van der Waals surface area contributed by atoms with Crippen LogP contribution in [-0.2, 0) is 19.6 Å². The lowest BCUT2D eigenvalue weighted by Crippen LogP contribution is -2.36. The zero-order chi connectivity index (χ0) is 14.6. The summed E-state index contributed by atoms with van der Waals surface area (Å²) in [5, 5.41) is 0. The van der Waals surface area contributed by atoms with Crippen LogP contribution in [0, 0.1) is 0 Å². The van der Waals surface area contributed by atoms with Crippen molar-refractivity contribution in [2.24, 2.45) is 0 Å². The van der Waals surface area contributed by atoms with Gasteiger partial charge in [-0.3, -0.25) is 4.79 Å². The highest BCUT2D eigenvalue weighted by Crippen LogP contribution is 2.28. The number of carbonyl (C=O) groups excluding carboxylic acids is 1. The number of methoxy groups -OCH3 is 1. The summed E-state index contributed by atoms with van der Waals surface area (Å²) in [6.45, 7) is 1.52. The van der Waals surface area contributed by atoms with Crippen molar-refractivity contribution in [2.45, 2.75) is 11.8 Å². The first-order chi connectivity index (χ1) is 8.82. The maximum atomic E-state index is 12.5. The number of likely N-dealkylation sites (N-methyl/N-ethyl adjacent to an activating group) is 1. The second kappa shape index (κ2) is 6.83. The predicted molar refractivity (Wildman–Crippen MR) is 78.3 cm³/mol. The zero-order valence-corrected chi connectivity index (χ0v) is 14.4. The Hall–Kier alpha value is -0.440. The Morgan fingerprint density at radius 2 is 2.00 bits per heavy atom. The minimum absolute atomic E-state index is 0.104. The molecular weight excluding hydrogens is 402 g/mol. The summed E-state index contributed by atoms with van der Waals surface area (Å²) in [6.07, 6.45) is 0. The van der Waals surface area contributed by atoms with Gasteiger partial charge in [0.25, 0.3) is 0 Å². The van der Waals surface area contributed by atoms with Crippen molar-refractivity contribution < 1.29 is 17.9 Å². The molecule has 19 heavy (non-hydrogen) atoms. The van der Waals surface area contributed by atoms with E-state index in [1.165, 1.54) is 13.2 Å². The molecular formula is C11H13Br2NO4S. The van der Waals surface area contributed by atoms with Crippen LogP contribution in [0.5, 0.6) is 0 Å². The van der Waals surface area contributed by atoms with Gasteiger partial charge in [-0.15, -0.1) is 0 Å². The van der Waals surface area contributed by atoms with Crippen LogP contribution in [0.3, 0.4) is 0 Å². The smallest absolute Gasteiger partial charge is 0.321 e. The number of rotatable bonds is 5. The van der Waals surface area contributed by atoms with E-state index in [1.807, 2.05) is 0 Å². The molecule has 8 heteroatoms. The number of esters is 1. The molecule has 5 nitrogen and oxygen atoms in total. The van der Waals surface area contributed by atoms with E-state index in [0.717, 1.165) is 4.31 Å². The number of ether oxygens (including phenoxy) is 1. The summed E-state index contributed by atoms with van der Waals surface area (Å²) in [5.41, 5.74) is 0. The van der Waals surface area contributed by atoms with Crippen LogP contribution in [0.25, 0.3) is 0 Å². The van der Waals surface area contributed by atoms with Gasteiger partial charge in [-0.25, -0.2) is 8.42 Å². The molecule has 0 atom stereocenters. The molecule has 106 valence electrons. The number of hydrogen-bond acceptors (Lipinski definition) is 4. The van der Waals surface area contributed by atoms with Crippen LogP contribution in [-0.4, -0.2) is 38.9 Å². The predicted octanol–water partition coefficient (Wildman–Crippen LogP) is 2.40. The first kappa shape index (κ1) is 16.6. The average molecular weight is 415 g/mol. The van der Waals surface area contributed by atoms with Crippen LogP contribution in [0.15, 0.2) is 32.0 Å². The molecule has 0 bridgehead atoms. The number of carbonyl (C=O) groups is 1. The fraction of sp³-hybridized carbons (Fsp3) is 0.364. The van der Waals surface area contributed by atoms with Crippen molar-refractivity contribution in [2.75, 3.05) is 20.2 Å². The second-order valence-electron chi connectivity index (χ2n) is 3.58. The molecule has 0 saturated carbocycles. The van der Waals surface area contributed by atoms with E-state index in [9.17, 15) is 13.2 Å². The molecule has 0 N–H and O–H groups in total. The highest BCUT2D eigenvalue weighted by molar-refractivity contribution is 9.11. The lowest BCUT2D eigenvalue weighted by Gasteiger charge is -2.20. The van der Waals surface area contributed by atoms with Crippen molar-refractivity contribution >= 4 is 47.9 Å². The Morgan fingerprint density at radius 3 is 2.53 bits per heavy atom. The number of benzene rings is 1. The van der Waals surface area contributed by atoms with E-state index in [2.05, 4.69) is 36.6 Å². The first-order valence-corrected chi connectivity index (χ1v) is 8.37. The highest BCUT2D eigenvalue weighted by atomic mass is 79.9. The monoisotopic (exact) mass is 413 g/mol. The van der Waals surface area contributed by atoms with Gasteiger partial charge in [0.1, 0.15) is 6.54 Å². The van der Waals surface area contributed by atoms with Crippen LogP contribution in [0.1, 0.15) is 6.92 Å². The number of hydrogen-bond donors (Lipinski definition) is 0. The van der Waals surface area contributed by atoms with Gasteiger partial charge >= 0.3 is 5.97 Å². The molecule has 0 saturated heterocycles. The van der Waals surface area contributed by atoms with E-state index < -0.39 is 16.0 Å². The summed E-state index contributed by atoms with van der Waals surface area (Å²) in [6, 6.07) is 4.84. The van der Waals surface area contributed by atoms with E-state index in [0.29, 0.717) is 8.95 Å². The first-order valence-electron chi connectivity index (χ1n) is 5.35. The molecule has 1 rings (SSSR count). The van der Waals surface area contributed by atoms with Gasteiger partial charge < -0.3 is 4.74 Å². The third-order valence-electron chi connectivity index (χ3n) is 2.40. The molecule has 0 aliphatic rings. The van der Waals surface area contributed by atoms with Crippen molar-refractivity contribution in [3.05, 3.63) is 27.1 Å². The molecule has 1 aromatic carbocycles. The molecule has 1 aromatic rings. The largest absolute Gasteiger partial charge is 0.468 e. The normalized spacial score (nSPS) is 11.6. The number of halogens is 2. The lowest BCUT2D eigenvalue weighted by molar-refractivity contribution is -0.140. The molecule has 0 heterocycles. The van der Waals surface area contributed by atoms with Crippen LogP contribution >= 0.6 is 31.9 Å². The van der Waals surface area contributed by atoms with Crippen molar-refractivity contribution in [1.29, 1.82) is 0 Å². The zero-order valence-electron chi connectivity index (χ0n) is 10.4. The van der Waals surface area contributed by atoms with Gasteiger partial charge in [-0.05, 0) is 34.1 Å². The van der Waals surface area contributed by atoms with Gasteiger partial charge in [0, 0.05) is 15.5 Å². The van der Waals surface area contributed by atoms with Crippen LogP contribution < -0.4 is 0 Å². The summed E-state index contributed by atoms with van der Waals surface area (Å²) < 4.78 is 31.6. The summed E-state index contributed by atoms with van der Waals surface area (Å²) in [4.78, 5) is 11.4. The molecule has 0 aliphatic carbocycles. The summed E-state index contributed by atoms with van der Waals surface area (Å²) in [5.74, 6) is -0.600. The van der Waals surface area contributed by atoms with E-state index in [1.54, 1.807) is 19.1 Å². The fourth-order valence-corrected chi connectivity index (χ4v) is 4.25. The lowest BCUT2D eigenvalue weighted by atomic mass is 10.4. The third kappa shape index (κ3) is 4.01. The minimum Gasteiger partial charge on any atom is -0.468 e. The molecule has 0 spiro atoms. The number of sulfonamides is 1. The van der Waals surface area contributed by atoms with E-state index in [-0.39, 0.29) is 18.0 Å². The Bertz CT molecular complexity index is 574.